The second kappa shape index (κ2) is 7.34. The molecule has 0 aliphatic carbocycles. The van der Waals surface area contributed by atoms with E-state index < -0.39 is 6.10 Å². The molecule has 7 heteroatoms. The van der Waals surface area contributed by atoms with E-state index in [9.17, 15) is 4.79 Å². The highest BCUT2D eigenvalue weighted by Gasteiger charge is 2.24. The average Bonchev–Trinajstić information content (AvgIpc) is 3.08. The molecule has 23 heavy (non-hydrogen) atoms. The van der Waals surface area contributed by atoms with Crippen LogP contribution in [-0.4, -0.2) is 16.1 Å². The predicted octanol–water partition coefficient (Wildman–Crippen LogP) is 4.06. The quantitative estimate of drug-likeness (QED) is 0.714. The van der Waals surface area contributed by atoms with Gasteiger partial charge in [-0.25, -0.2) is 0 Å². The van der Waals surface area contributed by atoms with Crippen molar-refractivity contribution in [3.05, 3.63) is 70.1 Å². The highest BCUT2D eigenvalue weighted by Crippen LogP contribution is 2.30. The summed E-state index contributed by atoms with van der Waals surface area (Å²) >= 11 is 4.68. The summed E-state index contributed by atoms with van der Waals surface area (Å²) in [6.07, 6.45) is -0.793. The SMILES string of the molecule is O=C(Nc1nncs1)[C@H](Oc1ccccc1Br)c1ccccc1. The number of benzene rings is 2. The maximum Gasteiger partial charge on any atom is 0.272 e. The maximum absolute atomic E-state index is 12.6. The number of aromatic nitrogens is 2. The average molecular weight is 390 g/mol. The lowest BCUT2D eigenvalue weighted by Crippen LogP contribution is -2.25. The van der Waals surface area contributed by atoms with Crippen LogP contribution in [0, 0.1) is 0 Å². The lowest BCUT2D eigenvalue weighted by molar-refractivity contribution is -0.123. The predicted molar refractivity (Wildman–Crippen MR) is 92.5 cm³/mol. The summed E-state index contributed by atoms with van der Waals surface area (Å²) in [5, 5.41) is 10.7. The van der Waals surface area contributed by atoms with Crippen LogP contribution in [0.5, 0.6) is 5.75 Å². The molecular weight excluding hydrogens is 378 g/mol. The summed E-state index contributed by atoms with van der Waals surface area (Å²) in [5.74, 6) is 0.289. The summed E-state index contributed by atoms with van der Waals surface area (Å²) in [4.78, 5) is 12.6. The zero-order chi connectivity index (χ0) is 16.1. The van der Waals surface area contributed by atoms with E-state index in [1.54, 1.807) is 11.6 Å². The van der Waals surface area contributed by atoms with Crippen molar-refractivity contribution < 1.29 is 9.53 Å². The Balaban J connectivity index is 1.88. The Kier molecular flexibility index (Phi) is 4.99. The molecule has 3 rings (SSSR count). The van der Waals surface area contributed by atoms with Crippen molar-refractivity contribution >= 4 is 38.3 Å². The molecule has 0 bridgehead atoms. The molecule has 0 radical (unpaired) electrons. The van der Waals surface area contributed by atoms with Gasteiger partial charge in [0.1, 0.15) is 11.3 Å². The van der Waals surface area contributed by atoms with Crippen LogP contribution in [0.4, 0.5) is 5.13 Å². The van der Waals surface area contributed by atoms with E-state index in [1.807, 2.05) is 48.5 Å². The first-order valence-corrected chi connectivity index (χ1v) is 8.44. The fraction of sp³-hybridized carbons (Fsp3) is 0.0625. The van der Waals surface area contributed by atoms with Gasteiger partial charge < -0.3 is 4.74 Å². The number of anilines is 1. The number of nitrogens with zero attached hydrogens (tertiary/aromatic N) is 2. The van der Waals surface area contributed by atoms with Gasteiger partial charge in [0.15, 0.2) is 0 Å². The molecule has 1 N–H and O–H groups in total. The van der Waals surface area contributed by atoms with E-state index in [0.717, 1.165) is 10.0 Å². The summed E-state index contributed by atoms with van der Waals surface area (Å²) in [6.45, 7) is 0. The van der Waals surface area contributed by atoms with Crippen LogP contribution in [0.3, 0.4) is 0 Å². The number of hydrogen-bond acceptors (Lipinski definition) is 5. The minimum absolute atomic E-state index is 0.302. The van der Waals surface area contributed by atoms with E-state index >= 15 is 0 Å². The van der Waals surface area contributed by atoms with Gasteiger partial charge in [0, 0.05) is 5.56 Å². The van der Waals surface area contributed by atoms with Crippen LogP contribution in [0.1, 0.15) is 11.7 Å². The zero-order valence-corrected chi connectivity index (χ0v) is 14.3. The number of nitrogens with one attached hydrogen (secondary N) is 1. The van der Waals surface area contributed by atoms with Gasteiger partial charge in [0.05, 0.1) is 4.47 Å². The topological polar surface area (TPSA) is 64.1 Å². The van der Waals surface area contributed by atoms with Crippen LogP contribution < -0.4 is 10.1 Å². The lowest BCUT2D eigenvalue weighted by Gasteiger charge is -2.19. The number of halogens is 1. The molecule has 2 aromatic carbocycles. The molecule has 1 heterocycles. The van der Waals surface area contributed by atoms with Crippen LogP contribution in [0.15, 0.2) is 64.6 Å². The first kappa shape index (κ1) is 15.6. The molecule has 1 atom stereocenters. The monoisotopic (exact) mass is 389 g/mol. The summed E-state index contributed by atoms with van der Waals surface area (Å²) < 4.78 is 6.72. The molecule has 0 aliphatic rings. The third kappa shape index (κ3) is 3.94. The van der Waals surface area contributed by atoms with Gasteiger partial charge in [-0.05, 0) is 28.1 Å². The minimum Gasteiger partial charge on any atom is -0.475 e. The van der Waals surface area contributed by atoms with E-state index in [2.05, 4.69) is 31.4 Å². The summed E-state index contributed by atoms with van der Waals surface area (Å²) in [5.41, 5.74) is 2.31. The molecule has 0 unspecified atom stereocenters. The number of carbonyl (C=O) groups excluding carboxylic acids is 1. The normalized spacial score (nSPS) is 11.7. The fourth-order valence-electron chi connectivity index (χ4n) is 1.97. The summed E-state index contributed by atoms with van der Waals surface area (Å²) in [6, 6.07) is 16.7. The number of ether oxygens (including phenoxy) is 1. The van der Waals surface area contributed by atoms with Crippen molar-refractivity contribution in [3.63, 3.8) is 0 Å². The summed E-state index contributed by atoms with van der Waals surface area (Å²) in [7, 11) is 0. The van der Waals surface area contributed by atoms with Crippen LogP contribution in [0.2, 0.25) is 0 Å². The molecule has 1 aromatic heterocycles. The Morgan fingerprint density at radius 2 is 1.87 bits per heavy atom. The van der Waals surface area contributed by atoms with Gasteiger partial charge in [-0.15, -0.1) is 10.2 Å². The zero-order valence-electron chi connectivity index (χ0n) is 11.8. The fourth-order valence-corrected chi connectivity index (χ4v) is 2.79. The van der Waals surface area contributed by atoms with Crippen LogP contribution >= 0.6 is 27.3 Å². The van der Waals surface area contributed by atoms with E-state index in [1.165, 1.54) is 11.3 Å². The standard InChI is InChI=1S/C16H12BrN3O2S/c17-12-8-4-5-9-13(12)22-14(11-6-2-1-3-7-11)15(21)19-16-20-18-10-23-16/h1-10,14H,(H,19,20,21)/t14-/m1/s1. The largest absolute Gasteiger partial charge is 0.475 e. The number of hydrogen-bond donors (Lipinski definition) is 1. The molecule has 1 amide bonds. The van der Waals surface area contributed by atoms with Crippen molar-refractivity contribution in [3.8, 4) is 5.75 Å². The third-order valence-electron chi connectivity index (χ3n) is 3.01. The minimum atomic E-state index is -0.793. The number of amides is 1. The molecule has 116 valence electrons. The van der Waals surface area contributed by atoms with Crippen molar-refractivity contribution in [1.29, 1.82) is 0 Å². The van der Waals surface area contributed by atoms with Crippen molar-refractivity contribution in [2.45, 2.75) is 6.10 Å². The molecule has 0 spiro atoms. The molecule has 0 saturated carbocycles. The van der Waals surface area contributed by atoms with E-state index in [-0.39, 0.29) is 5.91 Å². The second-order valence-corrected chi connectivity index (χ2v) is 6.26. The molecule has 5 nitrogen and oxygen atoms in total. The Morgan fingerprint density at radius 3 is 2.57 bits per heavy atom. The Labute approximate surface area is 145 Å². The Morgan fingerprint density at radius 1 is 1.13 bits per heavy atom. The van der Waals surface area contributed by atoms with E-state index in [0.29, 0.717) is 10.9 Å². The van der Waals surface area contributed by atoms with E-state index in [4.69, 9.17) is 4.74 Å². The van der Waals surface area contributed by atoms with Crippen molar-refractivity contribution in [2.24, 2.45) is 0 Å². The maximum atomic E-state index is 12.6. The number of carbonyl (C=O) groups is 1. The highest BCUT2D eigenvalue weighted by atomic mass is 79.9. The van der Waals surface area contributed by atoms with Crippen molar-refractivity contribution in [1.82, 2.24) is 10.2 Å². The number of para-hydroxylation sites is 1. The van der Waals surface area contributed by atoms with Crippen LogP contribution in [0.25, 0.3) is 0 Å². The first-order valence-electron chi connectivity index (χ1n) is 6.77. The van der Waals surface area contributed by atoms with Gasteiger partial charge in [-0.1, -0.05) is 53.8 Å². The molecule has 0 fully saturated rings. The van der Waals surface area contributed by atoms with Crippen molar-refractivity contribution in [2.75, 3.05) is 5.32 Å². The Hall–Kier alpha value is -2.25. The van der Waals surface area contributed by atoms with Crippen LogP contribution in [-0.2, 0) is 4.79 Å². The molecule has 0 aliphatic heterocycles. The third-order valence-corrected chi connectivity index (χ3v) is 4.27. The first-order chi connectivity index (χ1) is 11.2. The molecule has 3 aromatic rings. The van der Waals surface area contributed by atoms with Gasteiger partial charge in [-0.3, -0.25) is 10.1 Å². The number of rotatable bonds is 5. The second-order valence-electron chi connectivity index (χ2n) is 4.57. The van der Waals surface area contributed by atoms with Gasteiger partial charge in [0.25, 0.3) is 5.91 Å². The Bertz CT molecular complexity index is 781. The van der Waals surface area contributed by atoms with Gasteiger partial charge in [-0.2, -0.15) is 0 Å². The molecular formula is C16H12BrN3O2S. The lowest BCUT2D eigenvalue weighted by atomic mass is 10.1. The highest BCUT2D eigenvalue weighted by molar-refractivity contribution is 9.10. The molecule has 0 saturated heterocycles. The smallest absolute Gasteiger partial charge is 0.272 e. The van der Waals surface area contributed by atoms with Gasteiger partial charge in [0.2, 0.25) is 11.2 Å². The van der Waals surface area contributed by atoms with Gasteiger partial charge >= 0.3 is 0 Å².